The topological polar surface area (TPSA) is 112 Å². The van der Waals surface area contributed by atoms with E-state index in [1.165, 1.54) is 12.1 Å². The molecule has 7 nitrogen and oxygen atoms in total. The first-order chi connectivity index (χ1) is 13.9. The molecule has 0 amide bonds. The molecule has 30 heavy (non-hydrogen) atoms. The van der Waals surface area contributed by atoms with Crippen LogP contribution in [0.5, 0.6) is 0 Å². The Morgan fingerprint density at radius 1 is 1.07 bits per heavy atom. The Balaban J connectivity index is 2.40. The molecule has 0 spiro atoms. The van der Waals surface area contributed by atoms with Crippen LogP contribution < -0.4 is 4.31 Å². The summed E-state index contributed by atoms with van der Waals surface area (Å²) in [5.74, 6) is 0. The van der Waals surface area contributed by atoms with Crippen molar-refractivity contribution in [2.24, 2.45) is 0 Å². The molecule has 0 atom stereocenters. The molecule has 3 rings (SSSR count). The van der Waals surface area contributed by atoms with Gasteiger partial charge < -0.3 is 9.79 Å². The van der Waals surface area contributed by atoms with Crippen molar-refractivity contribution in [1.29, 1.82) is 0 Å². The number of aldehydes is 1. The quantitative estimate of drug-likeness (QED) is 0.327. The van der Waals surface area contributed by atoms with E-state index < -0.39 is 23.9 Å². The highest BCUT2D eigenvalue weighted by Gasteiger charge is 2.34. The number of sulfonamides is 1. The van der Waals surface area contributed by atoms with E-state index in [0.29, 0.717) is 21.4 Å². The lowest BCUT2D eigenvalue weighted by atomic mass is 10.1. The number of halogens is 3. The van der Waals surface area contributed by atoms with E-state index in [-0.39, 0.29) is 30.7 Å². The Hall–Kier alpha value is -1.45. The Labute approximate surface area is 190 Å². The van der Waals surface area contributed by atoms with Crippen LogP contribution in [0, 0.1) is 0 Å². The van der Waals surface area contributed by atoms with Crippen LogP contribution in [0.1, 0.15) is 10.4 Å². The molecule has 158 valence electrons. The maximum Gasteiger partial charge on any atom is 0.345 e. The van der Waals surface area contributed by atoms with Crippen molar-refractivity contribution in [3.05, 3.63) is 68.6 Å². The average molecular weight is 553 g/mol. The van der Waals surface area contributed by atoms with E-state index in [1.54, 1.807) is 24.3 Å². The van der Waals surface area contributed by atoms with Crippen LogP contribution in [-0.2, 0) is 14.6 Å². The van der Waals surface area contributed by atoms with Gasteiger partial charge in [-0.05, 0) is 45.6 Å². The molecule has 0 heterocycles. The molecule has 0 saturated heterocycles. The maximum atomic E-state index is 13.5. The maximum absolute atomic E-state index is 13.5. The van der Waals surface area contributed by atoms with Crippen molar-refractivity contribution < 1.29 is 27.6 Å². The fourth-order valence-corrected chi connectivity index (χ4v) is 7.07. The van der Waals surface area contributed by atoms with Gasteiger partial charge in [-0.1, -0.05) is 47.5 Å². The predicted octanol–water partition coefficient (Wildman–Crippen LogP) is 5.05. The van der Waals surface area contributed by atoms with E-state index in [9.17, 15) is 27.6 Å². The first-order valence-corrected chi connectivity index (χ1v) is 12.9. The summed E-state index contributed by atoms with van der Waals surface area (Å²) in [6.45, 7) is 0. The smallest absolute Gasteiger partial charge is 0.323 e. The molecule has 0 fully saturated rings. The molecular weight excluding hydrogens is 540 g/mol. The molecule has 0 unspecified atom stereocenters. The summed E-state index contributed by atoms with van der Waals surface area (Å²) in [7, 11) is -9.42. The Bertz CT molecular complexity index is 1290. The van der Waals surface area contributed by atoms with Crippen molar-refractivity contribution in [3.8, 4) is 0 Å². The first-order valence-electron chi connectivity index (χ1n) is 8.14. The highest BCUT2D eigenvalue weighted by Crippen LogP contribution is 2.45. The third-order valence-electron chi connectivity index (χ3n) is 4.10. The molecule has 12 heteroatoms. The van der Waals surface area contributed by atoms with Crippen molar-refractivity contribution in [2.75, 3.05) is 10.6 Å². The number of fused-ring (bicyclic) bond motifs is 1. The number of hydrogen-bond acceptors (Lipinski definition) is 4. The number of nitrogens with zero attached hydrogens (tertiary/aromatic N) is 1. The summed E-state index contributed by atoms with van der Waals surface area (Å²) in [5.41, 5.74) is 0.0216. The van der Waals surface area contributed by atoms with E-state index >= 15 is 0 Å². The molecule has 0 saturated carbocycles. The van der Waals surface area contributed by atoms with Gasteiger partial charge in [0.1, 0.15) is 6.29 Å². The summed E-state index contributed by atoms with van der Waals surface area (Å²) >= 11 is 15.1. The molecule has 2 N–H and O–H groups in total. The molecule has 0 radical (unpaired) electrons. The van der Waals surface area contributed by atoms with Crippen molar-refractivity contribution in [3.63, 3.8) is 0 Å². The third-order valence-corrected chi connectivity index (χ3v) is 7.94. The van der Waals surface area contributed by atoms with E-state index in [2.05, 4.69) is 15.9 Å². The SMILES string of the molecule is O=Cc1cc2ccccc2c(N(CP(=O)(O)O)S(=O)(=O)c2cc(Cl)cc(Cl)c2)c1Br. The van der Waals surface area contributed by atoms with E-state index in [4.69, 9.17) is 23.2 Å². The summed E-state index contributed by atoms with van der Waals surface area (Å²) < 4.78 is 39.4. The van der Waals surface area contributed by atoms with Crippen LogP contribution in [0.4, 0.5) is 5.69 Å². The van der Waals surface area contributed by atoms with Gasteiger partial charge in [0.05, 0.1) is 15.1 Å². The normalized spacial score (nSPS) is 12.2. The lowest BCUT2D eigenvalue weighted by Crippen LogP contribution is -2.32. The number of anilines is 1. The number of rotatable bonds is 6. The van der Waals surface area contributed by atoms with Gasteiger partial charge in [-0.3, -0.25) is 13.7 Å². The summed E-state index contributed by atoms with van der Waals surface area (Å²) in [6.07, 6.45) is -0.650. The first kappa shape index (κ1) is 23.2. The van der Waals surface area contributed by atoms with Crippen LogP contribution in [0.3, 0.4) is 0 Å². The molecule has 0 bridgehead atoms. The highest BCUT2D eigenvalue weighted by atomic mass is 79.9. The van der Waals surface area contributed by atoms with Gasteiger partial charge in [-0.25, -0.2) is 8.42 Å². The van der Waals surface area contributed by atoms with Gasteiger partial charge in [0.15, 0.2) is 6.29 Å². The fraction of sp³-hybridized carbons (Fsp3) is 0.0556. The zero-order chi connectivity index (χ0) is 22.3. The third kappa shape index (κ3) is 4.73. The molecule has 0 aromatic heterocycles. The summed E-state index contributed by atoms with van der Waals surface area (Å²) in [4.78, 5) is 30.4. The van der Waals surface area contributed by atoms with Crippen molar-refractivity contribution in [1.82, 2.24) is 0 Å². The van der Waals surface area contributed by atoms with Crippen LogP contribution in [0.15, 0.2) is 57.9 Å². The molecule has 0 aliphatic heterocycles. The zero-order valence-electron chi connectivity index (χ0n) is 14.9. The highest BCUT2D eigenvalue weighted by molar-refractivity contribution is 9.10. The minimum atomic E-state index is -4.88. The van der Waals surface area contributed by atoms with Gasteiger partial charge in [-0.15, -0.1) is 0 Å². The average Bonchev–Trinajstić information content (AvgIpc) is 2.64. The largest absolute Gasteiger partial charge is 0.345 e. The second-order valence-corrected chi connectivity index (χ2v) is 11.4. The standard InChI is InChI=1S/C18H13BrCl2NO6PS/c19-17-12(9-23)5-11-3-1-2-4-16(11)18(17)22(10-29(24,25)26)30(27,28)15-7-13(20)6-14(21)8-15/h1-9H,10H2,(H2,24,25,26). The van der Waals surface area contributed by atoms with Gasteiger partial charge in [-0.2, -0.15) is 0 Å². The zero-order valence-corrected chi connectivity index (χ0v) is 19.7. The second kappa shape index (κ2) is 8.59. The van der Waals surface area contributed by atoms with Gasteiger partial charge >= 0.3 is 7.60 Å². The fourth-order valence-electron chi connectivity index (χ4n) is 2.89. The van der Waals surface area contributed by atoms with E-state index in [1.807, 2.05) is 0 Å². The number of carbonyl (C=O) groups excluding carboxylic acids is 1. The van der Waals surface area contributed by atoms with Crippen molar-refractivity contribution in [2.45, 2.75) is 4.90 Å². The minimum Gasteiger partial charge on any atom is -0.323 e. The second-order valence-electron chi connectivity index (χ2n) is 6.23. The molecule has 0 aliphatic carbocycles. The van der Waals surface area contributed by atoms with E-state index in [0.717, 1.165) is 12.1 Å². The molecule has 3 aromatic rings. The molecule has 3 aromatic carbocycles. The number of benzene rings is 3. The molecular formula is C18H13BrCl2NO6PS. The number of carbonyl (C=O) groups is 1. The Morgan fingerprint density at radius 3 is 2.23 bits per heavy atom. The minimum absolute atomic E-state index is 0.0303. The van der Waals surface area contributed by atoms with Crippen LogP contribution in [-0.4, -0.2) is 30.8 Å². The Kier molecular flexibility index (Phi) is 6.65. The van der Waals surface area contributed by atoms with Gasteiger partial charge in [0.2, 0.25) is 0 Å². The molecule has 0 aliphatic rings. The lowest BCUT2D eigenvalue weighted by Gasteiger charge is -2.27. The van der Waals surface area contributed by atoms with Crippen molar-refractivity contribution >= 4 is 79.5 Å². The van der Waals surface area contributed by atoms with Crippen LogP contribution in [0.2, 0.25) is 10.0 Å². The Morgan fingerprint density at radius 2 is 1.67 bits per heavy atom. The lowest BCUT2D eigenvalue weighted by molar-refractivity contribution is 0.112. The summed E-state index contributed by atoms with van der Waals surface area (Å²) in [6, 6.07) is 11.7. The van der Waals surface area contributed by atoms with Gasteiger partial charge in [0, 0.05) is 21.0 Å². The summed E-state index contributed by atoms with van der Waals surface area (Å²) in [5, 5.41) is 0.929. The number of hydrogen-bond donors (Lipinski definition) is 2. The van der Waals surface area contributed by atoms with Gasteiger partial charge in [0.25, 0.3) is 10.0 Å². The van der Waals surface area contributed by atoms with Crippen LogP contribution >= 0.6 is 46.7 Å². The monoisotopic (exact) mass is 551 g/mol. The van der Waals surface area contributed by atoms with Crippen LogP contribution in [0.25, 0.3) is 10.8 Å². The predicted molar refractivity (Wildman–Crippen MR) is 120 cm³/mol.